The van der Waals surface area contributed by atoms with Gasteiger partial charge in [0.05, 0.1) is 16.9 Å². The molecular weight excluding hydrogens is 336 g/mol. The van der Waals surface area contributed by atoms with E-state index in [2.05, 4.69) is 5.32 Å². The van der Waals surface area contributed by atoms with Crippen molar-refractivity contribution in [2.24, 2.45) is 22.2 Å². The van der Waals surface area contributed by atoms with E-state index < -0.39 is 28.5 Å². The minimum atomic E-state index is -0.774. The van der Waals surface area contributed by atoms with Crippen LogP contribution in [0.4, 0.5) is 4.79 Å². The maximum atomic E-state index is 13.1. The lowest BCUT2D eigenvalue weighted by atomic mass is 9.29. The van der Waals surface area contributed by atoms with Gasteiger partial charge in [-0.15, -0.1) is 0 Å². The summed E-state index contributed by atoms with van der Waals surface area (Å²) in [5.41, 5.74) is -1.75. The standard InChI is InChI=1S/C19H28N2O5/c1-11-18(8-19(11,9-18)14(23)24)13(22)21-7-12(17(10-21)5-6-17)20-15(25)26-16(2,3)4/h11-12H,5-10H2,1-4H3,(H,20,25)(H,23,24)/t11?,12-,18?,19?/m0/s1. The van der Waals surface area contributed by atoms with E-state index in [1.165, 1.54) is 0 Å². The molecule has 1 saturated heterocycles. The summed E-state index contributed by atoms with van der Waals surface area (Å²) in [5.74, 6) is -0.801. The fourth-order valence-electron chi connectivity index (χ4n) is 5.38. The van der Waals surface area contributed by atoms with Gasteiger partial charge in [-0.25, -0.2) is 4.79 Å². The molecule has 7 nitrogen and oxygen atoms in total. The highest BCUT2D eigenvalue weighted by Crippen LogP contribution is 2.77. The van der Waals surface area contributed by atoms with Crippen LogP contribution in [0, 0.1) is 22.2 Å². The van der Waals surface area contributed by atoms with Gasteiger partial charge < -0.3 is 20.1 Å². The summed E-state index contributed by atoms with van der Waals surface area (Å²) in [6.45, 7) is 8.51. The van der Waals surface area contributed by atoms with Crippen molar-refractivity contribution in [3.05, 3.63) is 0 Å². The number of hydrogen-bond donors (Lipinski definition) is 2. The fourth-order valence-corrected chi connectivity index (χ4v) is 5.38. The number of carboxylic acid groups (broad SMARTS) is 1. The molecule has 5 aliphatic rings. The summed E-state index contributed by atoms with van der Waals surface area (Å²) < 4.78 is 5.36. The molecule has 0 radical (unpaired) electrons. The van der Waals surface area contributed by atoms with Crippen LogP contribution in [0.2, 0.25) is 0 Å². The van der Waals surface area contributed by atoms with E-state index >= 15 is 0 Å². The van der Waals surface area contributed by atoms with Crippen LogP contribution in [0.1, 0.15) is 53.4 Å². The number of amides is 2. The zero-order valence-electron chi connectivity index (χ0n) is 15.9. The first-order chi connectivity index (χ1) is 11.9. The monoisotopic (exact) mass is 364 g/mol. The Morgan fingerprint density at radius 2 is 1.77 bits per heavy atom. The SMILES string of the molecule is CC1C2(C(=O)O)CC1(C(=O)N1C[C@H](NC(=O)OC(C)(C)C)C3(CC3)C1)C2. The molecule has 0 aromatic carbocycles. The molecule has 1 heterocycles. The second kappa shape index (κ2) is 4.93. The Morgan fingerprint density at radius 3 is 2.23 bits per heavy atom. The molecule has 4 aliphatic carbocycles. The molecule has 2 N–H and O–H groups in total. The second-order valence-electron chi connectivity index (χ2n) is 9.94. The topological polar surface area (TPSA) is 95.9 Å². The van der Waals surface area contributed by atoms with Gasteiger partial charge in [-0.2, -0.15) is 0 Å². The van der Waals surface area contributed by atoms with E-state index in [1.54, 1.807) is 0 Å². The number of likely N-dealkylation sites (tertiary alicyclic amines) is 1. The smallest absolute Gasteiger partial charge is 0.407 e. The molecule has 4 saturated carbocycles. The number of carboxylic acids is 1. The van der Waals surface area contributed by atoms with Gasteiger partial charge in [0, 0.05) is 18.5 Å². The number of ether oxygens (including phenoxy) is 1. The van der Waals surface area contributed by atoms with Crippen molar-refractivity contribution in [2.45, 2.75) is 65.0 Å². The van der Waals surface area contributed by atoms with Gasteiger partial charge in [0.25, 0.3) is 0 Å². The second-order valence-corrected chi connectivity index (χ2v) is 9.94. The van der Waals surface area contributed by atoms with Crippen LogP contribution in [0.5, 0.6) is 0 Å². The highest BCUT2D eigenvalue weighted by Gasteiger charge is 2.81. The highest BCUT2D eigenvalue weighted by molar-refractivity contribution is 5.94. The van der Waals surface area contributed by atoms with Crippen LogP contribution >= 0.6 is 0 Å². The van der Waals surface area contributed by atoms with Crippen LogP contribution in [0.3, 0.4) is 0 Å². The van der Waals surface area contributed by atoms with Crippen molar-refractivity contribution in [2.75, 3.05) is 13.1 Å². The third kappa shape index (κ3) is 2.21. The van der Waals surface area contributed by atoms with E-state index in [1.807, 2.05) is 32.6 Å². The van der Waals surface area contributed by atoms with Crippen molar-refractivity contribution < 1.29 is 24.2 Å². The van der Waals surface area contributed by atoms with E-state index in [-0.39, 0.29) is 23.3 Å². The van der Waals surface area contributed by atoms with Crippen molar-refractivity contribution in [1.82, 2.24) is 10.2 Å². The van der Waals surface area contributed by atoms with Crippen molar-refractivity contribution in [3.63, 3.8) is 0 Å². The minimum Gasteiger partial charge on any atom is -0.481 e. The number of nitrogens with zero attached hydrogens (tertiary/aromatic N) is 1. The molecule has 0 aromatic heterocycles. The van der Waals surface area contributed by atoms with Crippen LogP contribution in [-0.2, 0) is 14.3 Å². The molecule has 2 amide bonds. The molecule has 7 heteroatoms. The average molecular weight is 364 g/mol. The Hall–Kier alpha value is -1.79. The van der Waals surface area contributed by atoms with Crippen LogP contribution < -0.4 is 5.32 Å². The lowest BCUT2D eigenvalue weighted by Gasteiger charge is -2.72. The molecule has 1 spiro atoms. The number of rotatable bonds is 3. The van der Waals surface area contributed by atoms with Gasteiger partial charge in [0.2, 0.25) is 5.91 Å². The lowest BCUT2D eigenvalue weighted by Crippen LogP contribution is -2.76. The third-order valence-corrected chi connectivity index (χ3v) is 7.29. The molecule has 1 aliphatic heterocycles. The van der Waals surface area contributed by atoms with Crippen LogP contribution in [-0.4, -0.2) is 52.7 Å². The lowest BCUT2D eigenvalue weighted by molar-refractivity contribution is -0.262. The molecule has 5 rings (SSSR count). The Kier molecular flexibility index (Phi) is 3.34. The summed E-state index contributed by atoms with van der Waals surface area (Å²) >= 11 is 0. The first kappa shape index (κ1) is 17.6. The summed E-state index contributed by atoms with van der Waals surface area (Å²) in [7, 11) is 0. The number of alkyl carbamates (subject to hydrolysis) is 1. The zero-order valence-corrected chi connectivity index (χ0v) is 15.9. The van der Waals surface area contributed by atoms with Crippen LogP contribution in [0.25, 0.3) is 0 Å². The summed E-state index contributed by atoms with van der Waals surface area (Å²) in [5, 5.41) is 12.4. The van der Waals surface area contributed by atoms with Gasteiger partial charge in [0.15, 0.2) is 0 Å². The number of hydrogen-bond acceptors (Lipinski definition) is 4. The normalized spacial score (nSPS) is 39.0. The summed E-state index contributed by atoms with van der Waals surface area (Å²) in [6.07, 6.45) is 2.48. The molecule has 2 bridgehead atoms. The summed E-state index contributed by atoms with van der Waals surface area (Å²) in [6, 6.07) is -0.0857. The number of nitrogens with one attached hydrogen (secondary N) is 1. The average Bonchev–Trinajstić information content (AvgIpc) is 3.13. The quantitative estimate of drug-likeness (QED) is 0.798. The van der Waals surface area contributed by atoms with Crippen LogP contribution in [0.15, 0.2) is 0 Å². The number of carbonyl (C=O) groups is 3. The predicted octanol–water partition coefficient (Wildman–Crippen LogP) is 2.00. The van der Waals surface area contributed by atoms with E-state index in [0.29, 0.717) is 25.9 Å². The van der Waals surface area contributed by atoms with Gasteiger partial charge in [-0.3, -0.25) is 9.59 Å². The molecule has 1 unspecified atom stereocenters. The molecule has 0 aromatic rings. The molecular formula is C19H28N2O5. The largest absolute Gasteiger partial charge is 0.481 e. The molecule has 26 heavy (non-hydrogen) atoms. The molecule has 5 fully saturated rings. The Balaban J connectivity index is 1.41. The zero-order chi connectivity index (χ0) is 19.1. The predicted molar refractivity (Wildman–Crippen MR) is 92.3 cm³/mol. The Labute approximate surface area is 153 Å². The van der Waals surface area contributed by atoms with Crippen molar-refractivity contribution >= 4 is 18.0 Å². The number of aliphatic carboxylic acids is 1. The summed E-state index contributed by atoms with van der Waals surface area (Å²) in [4.78, 5) is 38.6. The molecule has 2 atom stereocenters. The van der Waals surface area contributed by atoms with E-state index in [4.69, 9.17) is 4.74 Å². The van der Waals surface area contributed by atoms with E-state index in [9.17, 15) is 19.5 Å². The first-order valence-corrected chi connectivity index (χ1v) is 9.47. The van der Waals surface area contributed by atoms with Gasteiger partial charge >= 0.3 is 12.1 Å². The number of carbonyl (C=O) groups excluding carboxylic acids is 2. The highest BCUT2D eigenvalue weighted by atomic mass is 16.6. The van der Waals surface area contributed by atoms with Crippen molar-refractivity contribution in [1.29, 1.82) is 0 Å². The van der Waals surface area contributed by atoms with E-state index in [0.717, 1.165) is 12.8 Å². The van der Waals surface area contributed by atoms with Gasteiger partial charge in [-0.1, -0.05) is 6.92 Å². The first-order valence-electron chi connectivity index (χ1n) is 9.47. The van der Waals surface area contributed by atoms with Crippen molar-refractivity contribution in [3.8, 4) is 0 Å². The third-order valence-electron chi connectivity index (χ3n) is 7.29. The maximum Gasteiger partial charge on any atom is 0.407 e. The molecule has 144 valence electrons. The fraction of sp³-hybridized carbons (Fsp3) is 0.842. The Morgan fingerprint density at radius 1 is 1.15 bits per heavy atom. The maximum absolute atomic E-state index is 13.1. The Bertz CT molecular complexity index is 685. The minimum absolute atomic E-state index is 0.0240. The van der Waals surface area contributed by atoms with Gasteiger partial charge in [-0.05, 0) is 52.4 Å². The van der Waals surface area contributed by atoms with Gasteiger partial charge in [0.1, 0.15) is 5.60 Å².